The smallest absolute Gasteiger partial charge is 0.238 e. The lowest BCUT2D eigenvalue weighted by molar-refractivity contribution is -0.130. The zero-order valence-electron chi connectivity index (χ0n) is 17.6. The lowest BCUT2D eigenvalue weighted by Gasteiger charge is -2.25. The van der Waals surface area contributed by atoms with E-state index >= 15 is 0 Å². The fraction of sp³-hybridized carbons (Fsp3) is 0.417. The molecular weight excluding hydrogens is 348 g/mol. The van der Waals surface area contributed by atoms with E-state index in [2.05, 4.69) is 23.8 Å². The predicted octanol–water partition coefficient (Wildman–Crippen LogP) is 3.99. The molecule has 0 saturated heterocycles. The van der Waals surface area contributed by atoms with Gasteiger partial charge in [-0.15, -0.1) is 0 Å². The molecule has 1 amide bonds. The van der Waals surface area contributed by atoms with E-state index in [0.29, 0.717) is 12.8 Å². The third-order valence-corrected chi connectivity index (χ3v) is 4.40. The largest absolute Gasteiger partial charge is 0.345 e. The number of Topliss-reactive ketones (excluding diaryl/α,β-unsaturated/α-hetero) is 1. The summed E-state index contributed by atoms with van der Waals surface area (Å²) >= 11 is 0. The van der Waals surface area contributed by atoms with Gasteiger partial charge in [0, 0.05) is 12.0 Å². The molecule has 0 fully saturated rings. The molecular formula is C24H34N2O2. The van der Waals surface area contributed by atoms with Crippen LogP contribution in [-0.4, -0.2) is 29.8 Å². The van der Waals surface area contributed by atoms with Crippen LogP contribution in [0.25, 0.3) is 0 Å². The molecule has 0 bridgehead atoms. The summed E-state index contributed by atoms with van der Waals surface area (Å²) in [6.45, 7) is 15.2. The number of ketones is 1. The van der Waals surface area contributed by atoms with Crippen molar-refractivity contribution >= 4 is 11.7 Å². The summed E-state index contributed by atoms with van der Waals surface area (Å²) in [6, 6.07) is 9.01. The van der Waals surface area contributed by atoms with Crippen LogP contribution in [0.15, 0.2) is 67.3 Å². The highest BCUT2D eigenvalue weighted by molar-refractivity contribution is 5.92. The first-order chi connectivity index (χ1) is 13.3. The van der Waals surface area contributed by atoms with Gasteiger partial charge < -0.3 is 10.6 Å². The molecule has 152 valence electrons. The van der Waals surface area contributed by atoms with E-state index in [0.717, 1.165) is 11.1 Å². The van der Waals surface area contributed by atoms with Gasteiger partial charge in [-0.1, -0.05) is 89.4 Å². The van der Waals surface area contributed by atoms with Crippen molar-refractivity contribution in [3.05, 3.63) is 72.9 Å². The van der Waals surface area contributed by atoms with Gasteiger partial charge in [0.1, 0.15) is 0 Å². The van der Waals surface area contributed by atoms with E-state index in [1.54, 1.807) is 12.2 Å². The summed E-state index contributed by atoms with van der Waals surface area (Å²) in [5.74, 6) is -0.336. The highest BCUT2D eigenvalue weighted by atomic mass is 16.2. The van der Waals surface area contributed by atoms with Gasteiger partial charge in [0.25, 0.3) is 0 Å². The van der Waals surface area contributed by atoms with Gasteiger partial charge in [-0.25, -0.2) is 0 Å². The van der Waals surface area contributed by atoms with Crippen molar-refractivity contribution in [2.45, 2.75) is 58.7 Å². The number of nitrogens with one attached hydrogen (secondary N) is 2. The van der Waals surface area contributed by atoms with Gasteiger partial charge in [-0.3, -0.25) is 9.59 Å². The molecule has 0 aliphatic heterocycles. The minimum atomic E-state index is -0.594. The van der Waals surface area contributed by atoms with Crippen LogP contribution in [-0.2, 0) is 16.0 Å². The molecule has 0 saturated carbocycles. The molecule has 2 N–H and O–H groups in total. The second-order valence-electron chi connectivity index (χ2n) is 7.57. The zero-order valence-corrected chi connectivity index (χ0v) is 17.6. The number of carbonyl (C=O) groups is 2. The van der Waals surface area contributed by atoms with Gasteiger partial charge in [0.05, 0.1) is 12.1 Å². The van der Waals surface area contributed by atoms with E-state index in [1.165, 1.54) is 0 Å². The summed E-state index contributed by atoms with van der Waals surface area (Å²) in [4.78, 5) is 25.8. The minimum Gasteiger partial charge on any atom is -0.345 e. The molecule has 2 atom stereocenters. The van der Waals surface area contributed by atoms with Crippen molar-refractivity contribution in [2.24, 2.45) is 5.92 Å². The van der Waals surface area contributed by atoms with Crippen LogP contribution in [0.1, 0.15) is 39.7 Å². The quantitative estimate of drug-likeness (QED) is 0.537. The van der Waals surface area contributed by atoms with E-state index in [9.17, 15) is 9.59 Å². The fourth-order valence-electron chi connectivity index (χ4n) is 2.98. The molecule has 0 aliphatic rings. The van der Waals surface area contributed by atoms with Crippen LogP contribution in [0.4, 0.5) is 0 Å². The number of rotatable bonds is 12. The molecule has 0 radical (unpaired) electrons. The summed E-state index contributed by atoms with van der Waals surface area (Å²) in [6.07, 6.45) is 6.13. The molecule has 0 aliphatic carbocycles. The van der Waals surface area contributed by atoms with Crippen LogP contribution in [0.2, 0.25) is 0 Å². The molecule has 1 aromatic carbocycles. The lowest BCUT2D eigenvalue weighted by atomic mass is 9.94. The van der Waals surface area contributed by atoms with E-state index < -0.39 is 12.1 Å². The van der Waals surface area contributed by atoms with E-state index in [1.807, 2.05) is 64.1 Å². The Balaban J connectivity index is 3.02. The Morgan fingerprint density at radius 3 is 2.18 bits per heavy atom. The average Bonchev–Trinajstić information content (AvgIpc) is 2.66. The van der Waals surface area contributed by atoms with Crippen LogP contribution in [0, 0.1) is 5.92 Å². The van der Waals surface area contributed by atoms with Crippen molar-refractivity contribution in [1.82, 2.24) is 10.6 Å². The maximum atomic E-state index is 13.1. The average molecular weight is 383 g/mol. The monoisotopic (exact) mass is 382 g/mol. The number of carbonyl (C=O) groups excluding carboxylic acids is 2. The third kappa shape index (κ3) is 8.05. The normalized spacial score (nSPS) is 13.9. The van der Waals surface area contributed by atoms with Gasteiger partial charge >= 0.3 is 0 Å². The summed E-state index contributed by atoms with van der Waals surface area (Å²) in [5, 5.41) is 6.29. The van der Waals surface area contributed by atoms with Crippen LogP contribution in [0.5, 0.6) is 0 Å². The summed E-state index contributed by atoms with van der Waals surface area (Å²) in [7, 11) is 0. The maximum absolute atomic E-state index is 13.1. The van der Waals surface area contributed by atoms with Gasteiger partial charge in [0.15, 0.2) is 5.78 Å². The number of hydrogen-bond donors (Lipinski definition) is 2. The SMILES string of the molecule is C=C/C=C(\C=C)CC(NC(=O)C(Cc1ccccc1)NC(C)C)C(=O)C(C)C. The molecule has 4 nitrogen and oxygen atoms in total. The molecule has 0 spiro atoms. The molecule has 4 heteroatoms. The highest BCUT2D eigenvalue weighted by Crippen LogP contribution is 2.13. The number of hydrogen-bond acceptors (Lipinski definition) is 3. The second kappa shape index (κ2) is 12.1. The first-order valence-electron chi connectivity index (χ1n) is 9.86. The molecule has 0 aromatic heterocycles. The predicted molar refractivity (Wildman–Crippen MR) is 117 cm³/mol. The number of allylic oxidation sites excluding steroid dienone is 3. The van der Waals surface area contributed by atoms with Crippen LogP contribution in [0.3, 0.4) is 0 Å². The van der Waals surface area contributed by atoms with Crippen molar-refractivity contribution in [2.75, 3.05) is 0 Å². The van der Waals surface area contributed by atoms with Gasteiger partial charge in [-0.2, -0.15) is 0 Å². The van der Waals surface area contributed by atoms with Crippen LogP contribution < -0.4 is 10.6 Å². The van der Waals surface area contributed by atoms with E-state index in [4.69, 9.17) is 0 Å². The Labute approximate surface area is 169 Å². The third-order valence-electron chi connectivity index (χ3n) is 4.40. The zero-order chi connectivity index (χ0) is 21.1. The fourth-order valence-corrected chi connectivity index (χ4v) is 2.98. The second-order valence-corrected chi connectivity index (χ2v) is 7.57. The topological polar surface area (TPSA) is 58.2 Å². The molecule has 2 unspecified atom stereocenters. The highest BCUT2D eigenvalue weighted by Gasteiger charge is 2.27. The van der Waals surface area contributed by atoms with E-state index in [-0.39, 0.29) is 23.7 Å². The first kappa shape index (κ1) is 23.6. The standard InChI is InChI=1S/C24H34N2O2/c1-7-12-19(8-2)15-21(23(27)17(3)4)26-24(28)22(25-18(5)6)16-20-13-10-9-11-14-20/h7-14,17-18,21-22,25H,1-2,15-16H2,3-6H3,(H,26,28)/b19-12+. The molecule has 28 heavy (non-hydrogen) atoms. The van der Waals surface area contributed by atoms with Crippen molar-refractivity contribution < 1.29 is 9.59 Å². The van der Waals surface area contributed by atoms with Gasteiger partial charge in [-0.05, 0) is 24.0 Å². The summed E-state index contributed by atoms with van der Waals surface area (Å²) in [5.41, 5.74) is 1.94. The maximum Gasteiger partial charge on any atom is 0.238 e. The Morgan fingerprint density at radius 1 is 1.04 bits per heavy atom. The Morgan fingerprint density at radius 2 is 1.68 bits per heavy atom. The van der Waals surface area contributed by atoms with Gasteiger partial charge in [0.2, 0.25) is 5.91 Å². The van der Waals surface area contributed by atoms with Crippen LogP contribution >= 0.6 is 0 Å². The Hall–Kier alpha value is -2.46. The first-order valence-corrected chi connectivity index (χ1v) is 9.86. The lowest BCUT2D eigenvalue weighted by Crippen LogP contribution is -2.53. The van der Waals surface area contributed by atoms with Crippen molar-refractivity contribution in [3.8, 4) is 0 Å². The Kier molecular flexibility index (Phi) is 10.2. The Bertz CT molecular complexity index is 690. The number of amides is 1. The number of benzene rings is 1. The minimum absolute atomic E-state index is 0.00757. The van der Waals surface area contributed by atoms with Crippen molar-refractivity contribution in [1.29, 1.82) is 0 Å². The van der Waals surface area contributed by atoms with Crippen molar-refractivity contribution in [3.63, 3.8) is 0 Å². The molecule has 1 aromatic rings. The molecule has 1 rings (SSSR count). The molecule has 0 heterocycles. The summed E-state index contributed by atoms with van der Waals surface area (Å²) < 4.78 is 0.